The molecule has 2 heteroatoms. The predicted molar refractivity (Wildman–Crippen MR) is 20.9 cm³/mol. The van der Waals surface area contributed by atoms with Crippen molar-refractivity contribution in [1.29, 1.82) is 0 Å². The molecule has 32 valence electrons. The second kappa shape index (κ2) is 2.36. The maximum atomic E-state index is 9.44. The van der Waals surface area contributed by atoms with E-state index in [1.54, 1.807) is 0 Å². The minimum atomic E-state index is 0.106. The van der Waals surface area contributed by atoms with Crippen LogP contribution in [0.25, 0.3) is 0 Å². The summed E-state index contributed by atoms with van der Waals surface area (Å²) in [6, 6.07) is 0. The van der Waals surface area contributed by atoms with Gasteiger partial charge in [-0.1, -0.05) is 0 Å². The summed E-state index contributed by atoms with van der Waals surface area (Å²) in [7, 11) is 0. The summed E-state index contributed by atoms with van der Waals surface area (Å²) in [5.41, 5.74) is 0.106. The Hall–Kier alpha value is -0.880. The minimum Gasteiger partial charge on any atom is -0.297 e. The van der Waals surface area contributed by atoms with Gasteiger partial charge in [0.15, 0.2) is 6.29 Å². The van der Waals surface area contributed by atoms with Crippen LogP contribution in [0.5, 0.6) is 0 Å². The summed E-state index contributed by atoms with van der Waals surface area (Å²) < 4.78 is 0. The second-order valence-corrected chi connectivity index (χ2v) is 0.903. The van der Waals surface area contributed by atoms with Crippen LogP contribution >= 0.6 is 0 Å². The molecule has 0 aromatic rings. The van der Waals surface area contributed by atoms with E-state index < -0.39 is 0 Å². The molecule has 0 rings (SSSR count). The van der Waals surface area contributed by atoms with Gasteiger partial charge in [-0.15, -0.1) is 0 Å². The van der Waals surface area contributed by atoms with Crippen molar-refractivity contribution in [3.8, 4) is 0 Å². The number of rotatable bonds is 1. The third-order valence-electron chi connectivity index (χ3n) is 0.338. The van der Waals surface area contributed by atoms with Crippen LogP contribution in [0.4, 0.5) is 0 Å². The molecule has 0 aromatic carbocycles. The molecule has 0 fully saturated rings. The van der Waals surface area contributed by atoms with Crippen molar-refractivity contribution >= 4 is 12.2 Å². The first-order chi connectivity index (χ1) is 2.81. The van der Waals surface area contributed by atoms with E-state index in [1.807, 2.05) is 0 Å². The van der Waals surface area contributed by atoms with Crippen LogP contribution in [-0.2, 0) is 9.59 Å². The summed E-state index contributed by atoms with van der Waals surface area (Å²) in [6.45, 7) is 1.40. The van der Waals surface area contributed by atoms with Crippen LogP contribution in [-0.4, -0.2) is 12.2 Å². The van der Waals surface area contributed by atoms with Crippen LogP contribution in [0.15, 0.2) is 5.57 Å². The molecule has 0 heterocycles. The van der Waals surface area contributed by atoms with Gasteiger partial charge in [0, 0.05) is 0 Å². The zero-order chi connectivity index (χ0) is 4.99. The summed E-state index contributed by atoms with van der Waals surface area (Å²) in [5, 5.41) is 0. The largest absolute Gasteiger partial charge is 0.297 e. The fourth-order valence-corrected chi connectivity index (χ4v) is 0.0241. The highest BCUT2D eigenvalue weighted by Gasteiger charge is 1.75. The van der Waals surface area contributed by atoms with Crippen LogP contribution in [0.2, 0.25) is 0 Å². The van der Waals surface area contributed by atoms with E-state index in [9.17, 15) is 9.59 Å². The highest BCUT2D eigenvalue weighted by molar-refractivity contribution is 5.84. The van der Waals surface area contributed by atoms with E-state index in [1.165, 1.54) is 12.9 Å². The molecule has 0 unspecified atom stereocenters. The van der Waals surface area contributed by atoms with Gasteiger partial charge in [-0.25, -0.2) is 4.79 Å². The Kier molecular flexibility index (Phi) is 2.02. The molecule has 0 aromatic heterocycles. The van der Waals surface area contributed by atoms with Crippen LogP contribution < -0.4 is 0 Å². The molecule has 6 heavy (non-hydrogen) atoms. The van der Waals surface area contributed by atoms with E-state index in [0.717, 1.165) is 0 Å². The Balaban J connectivity index is 3.86. The molecule has 0 saturated heterocycles. The number of hydrogen-bond acceptors (Lipinski definition) is 2. The third kappa shape index (κ3) is 1.44. The Bertz CT molecular complexity index is 98.1. The number of hydrogen-bond donors (Lipinski definition) is 0. The zero-order valence-corrected chi connectivity index (χ0v) is 3.39. The summed E-state index contributed by atoms with van der Waals surface area (Å²) >= 11 is 0. The monoisotopic (exact) mass is 84.0 g/mol. The van der Waals surface area contributed by atoms with E-state index >= 15 is 0 Å². The van der Waals surface area contributed by atoms with Crippen molar-refractivity contribution in [3.05, 3.63) is 5.57 Å². The van der Waals surface area contributed by atoms with Gasteiger partial charge in [0.1, 0.15) is 5.94 Å². The van der Waals surface area contributed by atoms with E-state index in [-0.39, 0.29) is 5.57 Å². The standard InChI is InChI=1S/C4H4O2/c1-4(2-5)3-6/h2H,1H3. The predicted octanol–water partition coefficient (Wildman–Crippen LogP) is -0.0368. The Labute approximate surface area is 35.5 Å². The van der Waals surface area contributed by atoms with Gasteiger partial charge in [0.25, 0.3) is 0 Å². The molecule has 0 aliphatic carbocycles. The van der Waals surface area contributed by atoms with Crippen molar-refractivity contribution in [2.75, 3.05) is 0 Å². The van der Waals surface area contributed by atoms with Gasteiger partial charge in [-0.3, -0.25) is 4.79 Å². The van der Waals surface area contributed by atoms with Crippen molar-refractivity contribution in [2.45, 2.75) is 6.92 Å². The molecule has 0 spiro atoms. The Morgan fingerprint density at radius 2 is 2.33 bits per heavy atom. The molecular formula is C4H4O2. The normalized spacial score (nSPS) is 6.17. The molecule has 0 aliphatic heterocycles. The molecule has 0 saturated carbocycles. The second-order valence-electron chi connectivity index (χ2n) is 0.903. The summed E-state index contributed by atoms with van der Waals surface area (Å²) in [5.74, 6) is 1.41. The highest BCUT2D eigenvalue weighted by atomic mass is 16.1. The van der Waals surface area contributed by atoms with Crippen molar-refractivity contribution in [2.24, 2.45) is 0 Å². The molecule has 0 atom stereocenters. The fourth-order valence-electron chi connectivity index (χ4n) is 0.0241. The van der Waals surface area contributed by atoms with Gasteiger partial charge in [0.05, 0.1) is 5.57 Å². The van der Waals surface area contributed by atoms with Gasteiger partial charge < -0.3 is 0 Å². The van der Waals surface area contributed by atoms with E-state index in [2.05, 4.69) is 0 Å². The van der Waals surface area contributed by atoms with Crippen molar-refractivity contribution in [1.82, 2.24) is 0 Å². The Morgan fingerprint density at radius 3 is 2.33 bits per heavy atom. The topological polar surface area (TPSA) is 34.1 Å². The average Bonchev–Trinajstić information content (AvgIpc) is 1.65. The SMILES string of the molecule is CC(=C=O)C=O. The van der Waals surface area contributed by atoms with E-state index in [4.69, 9.17) is 0 Å². The number of aldehydes is 1. The third-order valence-corrected chi connectivity index (χ3v) is 0.338. The van der Waals surface area contributed by atoms with Crippen LogP contribution in [0.1, 0.15) is 6.92 Å². The molecule has 0 amide bonds. The first-order valence-corrected chi connectivity index (χ1v) is 1.48. The lowest BCUT2D eigenvalue weighted by Crippen LogP contribution is -1.72. The quantitative estimate of drug-likeness (QED) is 0.254. The lowest BCUT2D eigenvalue weighted by atomic mass is 10.4. The first-order valence-electron chi connectivity index (χ1n) is 1.48. The first kappa shape index (κ1) is 5.12. The molecule has 0 radical (unpaired) electrons. The fraction of sp³-hybridized carbons (Fsp3) is 0.250. The van der Waals surface area contributed by atoms with Crippen molar-refractivity contribution in [3.63, 3.8) is 0 Å². The smallest absolute Gasteiger partial charge is 0.156 e. The van der Waals surface area contributed by atoms with Crippen LogP contribution in [0.3, 0.4) is 0 Å². The number of carbonyl (C=O) groups excluding carboxylic acids is 2. The number of allylic oxidation sites excluding steroid dienone is 1. The van der Waals surface area contributed by atoms with Gasteiger partial charge in [0.2, 0.25) is 0 Å². The van der Waals surface area contributed by atoms with Gasteiger partial charge in [-0.05, 0) is 6.92 Å². The molecular weight excluding hydrogens is 80.0 g/mol. The Morgan fingerprint density at radius 1 is 1.83 bits per heavy atom. The summed E-state index contributed by atoms with van der Waals surface area (Å²) in [4.78, 5) is 18.8. The van der Waals surface area contributed by atoms with Gasteiger partial charge >= 0.3 is 0 Å². The average molecular weight is 84.1 g/mol. The molecule has 2 nitrogen and oxygen atoms in total. The summed E-state index contributed by atoms with van der Waals surface area (Å²) in [6.07, 6.45) is 0.465. The minimum absolute atomic E-state index is 0.106. The highest BCUT2D eigenvalue weighted by Crippen LogP contribution is 1.69. The maximum absolute atomic E-state index is 9.44. The molecule has 0 N–H and O–H groups in total. The zero-order valence-electron chi connectivity index (χ0n) is 3.39. The van der Waals surface area contributed by atoms with Crippen molar-refractivity contribution < 1.29 is 9.59 Å². The number of carbonyl (C=O) groups is 1. The maximum Gasteiger partial charge on any atom is 0.156 e. The van der Waals surface area contributed by atoms with E-state index in [0.29, 0.717) is 6.29 Å². The molecule has 0 aliphatic rings. The van der Waals surface area contributed by atoms with Crippen LogP contribution in [0, 0.1) is 0 Å². The molecule has 0 bridgehead atoms. The lowest BCUT2D eigenvalue weighted by Gasteiger charge is -1.62. The lowest BCUT2D eigenvalue weighted by molar-refractivity contribution is -0.104. The van der Waals surface area contributed by atoms with Gasteiger partial charge in [-0.2, -0.15) is 0 Å².